The second kappa shape index (κ2) is 8.39. The molecule has 1 aromatic carbocycles. The summed E-state index contributed by atoms with van der Waals surface area (Å²) < 4.78 is 7.41. The molecule has 2 N–H and O–H groups in total. The number of hydrogen-bond donors (Lipinski definition) is 2. The van der Waals surface area contributed by atoms with Gasteiger partial charge in [0.15, 0.2) is 0 Å². The number of likely N-dealkylation sites (tertiary alicyclic amines) is 1. The van der Waals surface area contributed by atoms with Crippen LogP contribution < -0.4 is 10.6 Å². The van der Waals surface area contributed by atoms with Crippen molar-refractivity contribution in [1.82, 2.24) is 19.6 Å². The number of pyridine rings is 1. The van der Waals surface area contributed by atoms with Crippen molar-refractivity contribution in [1.29, 1.82) is 0 Å². The Bertz CT molecular complexity index is 1080. The molecule has 0 bridgehead atoms. The highest BCUT2D eigenvalue weighted by Gasteiger charge is 2.36. The summed E-state index contributed by atoms with van der Waals surface area (Å²) in [5.74, 6) is 0.460. The molecule has 1 atom stereocenters. The minimum absolute atomic E-state index is 0.121. The molecule has 8 nitrogen and oxygen atoms in total. The first-order chi connectivity index (χ1) is 15.2. The predicted molar refractivity (Wildman–Crippen MR) is 116 cm³/mol. The first-order valence-electron chi connectivity index (χ1n) is 10.6. The Morgan fingerprint density at radius 3 is 2.74 bits per heavy atom. The summed E-state index contributed by atoms with van der Waals surface area (Å²) in [6, 6.07) is 11.5. The summed E-state index contributed by atoms with van der Waals surface area (Å²) in [6.45, 7) is 2.57. The topological polar surface area (TPSA) is 88.0 Å². The molecule has 2 aliphatic heterocycles. The monoisotopic (exact) mass is 419 g/mol. The molecule has 4 heterocycles. The molecule has 2 aliphatic rings. The first-order valence-corrected chi connectivity index (χ1v) is 10.6. The van der Waals surface area contributed by atoms with E-state index in [9.17, 15) is 9.59 Å². The number of nitrogens with one attached hydrogen (secondary N) is 2. The predicted octanol–water partition coefficient (Wildman–Crippen LogP) is 2.76. The van der Waals surface area contributed by atoms with Gasteiger partial charge in [-0.2, -0.15) is 0 Å². The largest absolute Gasteiger partial charge is 0.368 e. The molecule has 0 aliphatic carbocycles. The molecule has 3 aromatic rings. The van der Waals surface area contributed by atoms with Crippen molar-refractivity contribution in [2.45, 2.75) is 31.4 Å². The van der Waals surface area contributed by atoms with Crippen molar-refractivity contribution in [3.63, 3.8) is 0 Å². The van der Waals surface area contributed by atoms with Gasteiger partial charge in [-0.25, -0.2) is 9.78 Å². The van der Waals surface area contributed by atoms with Gasteiger partial charge < -0.3 is 24.7 Å². The third kappa shape index (κ3) is 4.25. The number of aromatic nitrogens is 2. The maximum absolute atomic E-state index is 12.3. The molecule has 0 saturated carbocycles. The number of rotatable bonds is 5. The van der Waals surface area contributed by atoms with Crippen LogP contribution in [0.25, 0.3) is 5.65 Å². The van der Waals surface area contributed by atoms with E-state index in [4.69, 9.17) is 4.74 Å². The van der Waals surface area contributed by atoms with Gasteiger partial charge in [0.1, 0.15) is 11.8 Å². The molecule has 3 amide bonds. The highest BCUT2D eigenvalue weighted by molar-refractivity contribution is 5.89. The first kappa shape index (κ1) is 19.6. The van der Waals surface area contributed by atoms with E-state index >= 15 is 0 Å². The normalized spacial score (nSPS) is 18.7. The molecule has 0 radical (unpaired) electrons. The van der Waals surface area contributed by atoms with Crippen LogP contribution >= 0.6 is 0 Å². The fraction of sp³-hybridized carbons (Fsp3) is 0.348. The molecule has 0 unspecified atom stereocenters. The minimum atomic E-state index is -0.257. The van der Waals surface area contributed by atoms with Crippen molar-refractivity contribution in [2.75, 3.05) is 25.0 Å². The fourth-order valence-corrected chi connectivity index (χ4v) is 4.10. The molecule has 2 fully saturated rings. The summed E-state index contributed by atoms with van der Waals surface area (Å²) in [7, 11) is 0. The van der Waals surface area contributed by atoms with Crippen LogP contribution in [0.5, 0.6) is 0 Å². The molecular weight excluding hydrogens is 394 g/mol. The zero-order chi connectivity index (χ0) is 21.2. The van der Waals surface area contributed by atoms with Crippen molar-refractivity contribution in [2.24, 2.45) is 0 Å². The van der Waals surface area contributed by atoms with Gasteiger partial charge in [0.05, 0.1) is 0 Å². The zero-order valence-electron chi connectivity index (χ0n) is 17.2. The van der Waals surface area contributed by atoms with Gasteiger partial charge in [0.25, 0.3) is 5.91 Å². The number of hydrogen-bond acceptors (Lipinski definition) is 4. The smallest absolute Gasteiger partial charge is 0.319 e. The average Bonchev–Trinajstić information content (AvgIpc) is 3.44. The van der Waals surface area contributed by atoms with Gasteiger partial charge in [0.2, 0.25) is 0 Å². The number of carbonyl (C=O) groups excluding carboxylic acids is 2. The van der Waals surface area contributed by atoms with Crippen LogP contribution in [-0.2, 0) is 16.1 Å². The fourth-order valence-electron chi connectivity index (χ4n) is 4.10. The van der Waals surface area contributed by atoms with E-state index in [2.05, 4.69) is 15.6 Å². The van der Waals surface area contributed by atoms with Crippen LogP contribution in [0.2, 0.25) is 0 Å². The van der Waals surface area contributed by atoms with Crippen LogP contribution in [0.4, 0.5) is 10.5 Å². The molecule has 8 heteroatoms. The van der Waals surface area contributed by atoms with Crippen LogP contribution in [0, 0.1) is 0 Å². The third-order valence-corrected chi connectivity index (χ3v) is 5.95. The van der Waals surface area contributed by atoms with Gasteiger partial charge in [0, 0.05) is 56.4 Å². The lowest BCUT2D eigenvalue weighted by Crippen LogP contribution is -2.52. The molecule has 0 spiro atoms. The van der Waals surface area contributed by atoms with E-state index in [1.54, 1.807) is 6.20 Å². The summed E-state index contributed by atoms with van der Waals surface area (Å²) >= 11 is 0. The lowest BCUT2D eigenvalue weighted by molar-refractivity contribution is -0.145. The molecule has 31 heavy (non-hydrogen) atoms. The van der Waals surface area contributed by atoms with E-state index in [0.29, 0.717) is 19.1 Å². The van der Waals surface area contributed by atoms with Crippen molar-refractivity contribution >= 4 is 23.3 Å². The van der Waals surface area contributed by atoms with Gasteiger partial charge in [-0.1, -0.05) is 12.1 Å². The lowest BCUT2D eigenvalue weighted by Gasteiger charge is -2.40. The maximum Gasteiger partial charge on any atom is 0.319 e. The number of amides is 3. The quantitative estimate of drug-likeness (QED) is 0.666. The average molecular weight is 419 g/mol. The second-order valence-electron chi connectivity index (χ2n) is 8.10. The number of fused-ring (bicyclic) bond motifs is 1. The number of ether oxygens (including phenoxy) is 1. The number of urea groups is 1. The van der Waals surface area contributed by atoms with Crippen LogP contribution in [0.15, 0.2) is 55.0 Å². The van der Waals surface area contributed by atoms with E-state index in [-0.39, 0.29) is 18.0 Å². The summed E-state index contributed by atoms with van der Waals surface area (Å²) in [5, 5.41) is 5.72. The van der Waals surface area contributed by atoms with E-state index in [0.717, 1.165) is 42.8 Å². The molecule has 160 valence electrons. The van der Waals surface area contributed by atoms with Gasteiger partial charge in [-0.3, -0.25) is 4.79 Å². The highest BCUT2D eigenvalue weighted by atomic mass is 16.5. The number of carbonyl (C=O) groups is 2. The SMILES string of the molecule is O=C(NCc1ccn2ccnc2c1)Nc1ccc(C2CN(C(=O)[C@H]3CCCO3)C2)cc1. The Morgan fingerprint density at radius 1 is 1.13 bits per heavy atom. The number of nitrogens with zero attached hydrogens (tertiary/aromatic N) is 3. The van der Waals surface area contributed by atoms with Gasteiger partial charge in [-0.05, 0) is 48.2 Å². The number of imidazole rings is 1. The number of anilines is 1. The molecule has 2 saturated heterocycles. The Balaban J connectivity index is 1.09. The lowest BCUT2D eigenvalue weighted by atomic mass is 9.90. The van der Waals surface area contributed by atoms with Crippen molar-refractivity contribution < 1.29 is 14.3 Å². The van der Waals surface area contributed by atoms with Crippen LogP contribution in [0.1, 0.15) is 29.9 Å². The standard InChI is InChI=1S/C23H25N5O3/c29-22(20-2-1-11-31-20)28-14-18(15-28)17-3-5-19(6-4-17)26-23(30)25-13-16-7-9-27-10-8-24-21(27)12-16/h3-10,12,18,20H,1-2,11,13-15H2,(H2,25,26,30)/t20-/m1/s1. The van der Waals surface area contributed by atoms with E-state index in [1.807, 2.05) is 58.1 Å². The molecular formula is C23H25N5O3. The Morgan fingerprint density at radius 2 is 1.97 bits per heavy atom. The summed E-state index contributed by atoms with van der Waals surface area (Å²) in [4.78, 5) is 30.7. The van der Waals surface area contributed by atoms with Crippen LogP contribution in [0.3, 0.4) is 0 Å². The Labute approximate surface area is 180 Å². The summed E-state index contributed by atoms with van der Waals surface area (Å²) in [6.07, 6.45) is 7.10. The van der Waals surface area contributed by atoms with Crippen molar-refractivity contribution in [3.8, 4) is 0 Å². The summed E-state index contributed by atoms with van der Waals surface area (Å²) in [5.41, 5.74) is 3.74. The highest BCUT2D eigenvalue weighted by Crippen LogP contribution is 2.29. The Kier molecular flexibility index (Phi) is 5.30. The van der Waals surface area contributed by atoms with E-state index < -0.39 is 0 Å². The molecule has 5 rings (SSSR count). The van der Waals surface area contributed by atoms with Crippen molar-refractivity contribution in [3.05, 3.63) is 66.1 Å². The van der Waals surface area contributed by atoms with Gasteiger partial charge >= 0.3 is 6.03 Å². The molecule has 2 aromatic heterocycles. The van der Waals surface area contributed by atoms with Crippen LogP contribution in [-0.4, -0.2) is 52.0 Å². The minimum Gasteiger partial charge on any atom is -0.368 e. The second-order valence-corrected chi connectivity index (χ2v) is 8.10. The zero-order valence-corrected chi connectivity index (χ0v) is 17.2. The van der Waals surface area contributed by atoms with E-state index in [1.165, 1.54) is 5.56 Å². The third-order valence-electron chi connectivity index (χ3n) is 5.95. The maximum atomic E-state index is 12.3. The van der Waals surface area contributed by atoms with Gasteiger partial charge in [-0.15, -0.1) is 0 Å². The number of benzene rings is 1. The Hall–Kier alpha value is -3.39.